The van der Waals surface area contributed by atoms with E-state index < -0.39 is 30.6 Å². The Balaban J connectivity index is 4.66. The smallest absolute Gasteiger partial charge is 0.371 e. The first kappa shape index (κ1) is 20.0. The fourth-order valence-corrected chi connectivity index (χ4v) is 1.91. The van der Waals surface area contributed by atoms with E-state index in [0.29, 0.717) is 0 Å². The highest BCUT2D eigenvalue weighted by atomic mass is 32.2. The molecule has 0 aromatic carbocycles. The minimum atomic E-state index is -4.63. The zero-order valence-electron chi connectivity index (χ0n) is 12.4. The molecule has 2 atom stereocenters. The van der Waals surface area contributed by atoms with Gasteiger partial charge in [0.05, 0.1) is 25.1 Å². The average molecular weight is 333 g/mol. The summed E-state index contributed by atoms with van der Waals surface area (Å²) in [5, 5.41) is 0. The summed E-state index contributed by atoms with van der Waals surface area (Å²) in [6.45, 7) is 7.06. The van der Waals surface area contributed by atoms with E-state index in [1.807, 2.05) is 20.8 Å². The summed E-state index contributed by atoms with van der Waals surface area (Å²) in [7, 11) is -8.05. The minimum absolute atomic E-state index is 0.126. The molecule has 0 aliphatic heterocycles. The number of phosphoric ester groups is 1. The highest BCUT2D eigenvalue weighted by Crippen LogP contribution is 2.36. The molecular weight excluding hydrogens is 309 g/mol. The largest absolute Gasteiger partial charge is 0.469 e. The lowest BCUT2D eigenvalue weighted by Gasteiger charge is -2.31. The van der Waals surface area contributed by atoms with Gasteiger partial charge in [-0.2, -0.15) is 0 Å². The minimum Gasteiger partial charge on any atom is -0.371 e. The summed E-state index contributed by atoms with van der Waals surface area (Å²) in [4.78, 5) is 17.4. The summed E-state index contributed by atoms with van der Waals surface area (Å²) in [6, 6.07) is 0. The molecule has 0 bridgehead atoms. The van der Waals surface area contributed by atoms with Crippen molar-refractivity contribution in [3.05, 3.63) is 0 Å². The van der Waals surface area contributed by atoms with E-state index in [-0.39, 0.29) is 18.1 Å². The third kappa shape index (κ3) is 10.7. The van der Waals surface area contributed by atoms with E-state index in [2.05, 4.69) is 9.25 Å². The van der Waals surface area contributed by atoms with Crippen LogP contribution in [0.5, 0.6) is 0 Å². The van der Waals surface area contributed by atoms with E-state index in [1.54, 1.807) is 6.92 Å². The second-order valence-electron chi connectivity index (χ2n) is 5.67. The van der Waals surface area contributed by atoms with Crippen LogP contribution in [0.1, 0.15) is 27.7 Å². The first-order valence-corrected chi connectivity index (χ1v) is 9.43. The molecule has 0 saturated carbocycles. The first-order valence-electron chi connectivity index (χ1n) is 6.01. The summed E-state index contributed by atoms with van der Waals surface area (Å²) < 4.78 is 45.0. The molecule has 0 aliphatic carbocycles. The topological polar surface area (TPSA) is 122 Å². The maximum atomic E-state index is 11.1. The lowest BCUT2D eigenvalue weighted by Crippen LogP contribution is -2.40. The van der Waals surface area contributed by atoms with Crippen molar-refractivity contribution in [3.63, 3.8) is 0 Å². The van der Waals surface area contributed by atoms with Gasteiger partial charge in [-0.15, -0.1) is 0 Å². The Morgan fingerprint density at radius 3 is 2.15 bits per heavy atom. The molecule has 20 heavy (non-hydrogen) atoms. The van der Waals surface area contributed by atoms with Gasteiger partial charge < -0.3 is 14.5 Å². The number of nitrogens with one attached hydrogen (secondary N) is 1. The molecule has 0 rings (SSSR count). The molecule has 0 saturated heterocycles. The summed E-state index contributed by atoms with van der Waals surface area (Å²) in [5.41, 5.74) is -0.203. The van der Waals surface area contributed by atoms with Crippen LogP contribution in [0, 0.1) is 5.41 Å². The van der Waals surface area contributed by atoms with Crippen molar-refractivity contribution < 1.29 is 32.0 Å². The van der Waals surface area contributed by atoms with Gasteiger partial charge in [-0.1, -0.05) is 20.8 Å². The molecule has 0 amide bonds. The van der Waals surface area contributed by atoms with Crippen LogP contribution in [0.3, 0.4) is 0 Å². The first-order chi connectivity index (χ1) is 8.71. The third-order valence-corrected chi connectivity index (χ3v) is 3.79. The molecule has 0 aromatic heterocycles. The van der Waals surface area contributed by atoms with Gasteiger partial charge in [-0.25, -0.2) is 17.7 Å². The Morgan fingerprint density at radius 2 is 1.80 bits per heavy atom. The molecule has 0 unspecified atom stereocenters. The van der Waals surface area contributed by atoms with E-state index >= 15 is 0 Å². The quantitative estimate of drug-likeness (QED) is 0.552. The number of ether oxygens (including phenoxy) is 1. The van der Waals surface area contributed by atoms with Gasteiger partial charge in [0.1, 0.15) is 0 Å². The molecule has 122 valence electrons. The van der Waals surface area contributed by atoms with Gasteiger partial charge in [-0.05, 0) is 12.3 Å². The molecular formula is C10H24NO7PS. The number of sulfonamides is 1. The third-order valence-electron chi connectivity index (χ3n) is 2.62. The number of phosphoric acid groups is 1. The second-order valence-corrected chi connectivity index (χ2v) is 8.75. The van der Waals surface area contributed by atoms with Gasteiger partial charge in [0.25, 0.3) is 0 Å². The Hall–Kier alpha value is -0.0200. The van der Waals surface area contributed by atoms with E-state index in [1.165, 1.54) is 0 Å². The van der Waals surface area contributed by atoms with E-state index in [9.17, 15) is 13.0 Å². The predicted octanol–water partition coefficient (Wildman–Crippen LogP) is 0.465. The van der Waals surface area contributed by atoms with Crippen LogP contribution in [-0.2, 0) is 23.8 Å². The summed E-state index contributed by atoms with van der Waals surface area (Å²) in [6.07, 6.45) is -0.0676. The Bertz CT molecular complexity index is 439. The zero-order valence-corrected chi connectivity index (χ0v) is 14.1. The van der Waals surface area contributed by atoms with Crippen LogP contribution in [0.2, 0.25) is 0 Å². The van der Waals surface area contributed by atoms with Gasteiger partial charge in [-0.3, -0.25) is 4.52 Å². The van der Waals surface area contributed by atoms with Crippen molar-refractivity contribution in [2.45, 2.75) is 39.9 Å². The SMILES string of the molecule is C[C@H](O[C@@H](CNS(C)(=O)=O)COP(=O)(O)O)C(C)(C)C. The van der Waals surface area contributed by atoms with Crippen LogP contribution in [-0.4, -0.2) is 49.8 Å². The molecule has 10 heteroatoms. The Morgan fingerprint density at radius 1 is 1.30 bits per heavy atom. The normalized spacial score (nSPS) is 16.9. The lowest BCUT2D eigenvalue weighted by atomic mass is 9.90. The molecule has 0 radical (unpaired) electrons. The lowest BCUT2D eigenvalue weighted by molar-refractivity contribution is -0.0704. The van der Waals surface area contributed by atoms with Crippen molar-refractivity contribution in [1.82, 2.24) is 4.72 Å². The standard InChI is InChI=1S/C10H24NO7PS/c1-8(10(2,3)4)18-9(6-11-20(5,15)16)7-17-19(12,13)14/h8-9,11H,6-7H2,1-5H3,(H2,12,13,14)/t8-,9-/m0/s1. The average Bonchev–Trinajstić information content (AvgIpc) is 2.17. The van der Waals surface area contributed by atoms with Gasteiger partial charge in [0.2, 0.25) is 10.0 Å². The molecule has 0 aliphatic rings. The van der Waals surface area contributed by atoms with Crippen molar-refractivity contribution in [3.8, 4) is 0 Å². The van der Waals surface area contributed by atoms with Crippen LogP contribution >= 0.6 is 7.82 Å². The Kier molecular flexibility index (Phi) is 7.30. The summed E-state index contributed by atoms with van der Waals surface area (Å²) >= 11 is 0. The molecule has 0 heterocycles. The maximum Gasteiger partial charge on any atom is 0.469 e. The molecule has 8 nitrogen and oxygen atoms in total. The molecule has 0 fully saturated rings. The second kappa shape index (κ2) is 7.31. The summed E-state index contributed by atoms with van der Waals surface area (Å²) in [5.74, 6) is 0. The number of rotatable bonds is 8. The van der Waals surface area contributed by atoms with E-state index in [4.69, 9.17) is 14.5 Å². The Labute approximate surface area is 120 Å². The van der Waals surface area contributed by atoms with Gasteiger partial charge in [0, 0.05) is 6.54 Å². The van der Waals surface area contributed by atoms with Crippen LogP contribution < -0.4 is 4.72 Å². The van der Waals surface area contributed by atoms with Gasteiger partial charge in [0.15, 0.2) is 0 Å². The van der Waals surface area contributed by atoms with Crippen molar-refractivity contribution in [2.75, 3.05) is 19.4 Å². The van der Waals surface area contributed by atoms with E-state index in [0.717, 1.165) is 6.26 Å². The van der Waals surface area contributed by atoms with Crippen LogP contribution in [0.4, 0.5) is 0 Å². The highest BCUT2D eigenvalue weighted by Gasteiger charge is 2.26. The number of hydrogen-bond acceptors (Lipinski definition) is 5. The fraction of sp³-hybridized carbons (Fsp3) is 1.00. The predicted molar refractivity (Wildman–Crippen MR) is 74.6 cm³/mol. The molecule has 0 aromatic rings. The fourth-order valence-electron chi connectivity index (χ4n) is 1.06. The van der Waals surface area contributed by atoms with Crippen molar-refractivity contribution in [2.24, 2.45) is 5.41 Å². The number of hydrogen-bond donors (Lipinski definition) is 3. The van der Waals surface area contributed by atoms with Crippen molar-refractivity contribution in [1.29, 1.82) is 0 Å². The van der Waals surface area contributed by atoms with Crippen molar-refractivity contribution >= 4 is 17.8 Å². The highest BCUT2D eigenvalue weighted by molar-refractivity contribution is 7.88. The molecule has 0 spiro atoms. The van der Waals surface area contributed by atoms with Crippen LogP contribution in [0.15, 0.2) is 0 Å². The van der Waals surface area contributed by atoms with Gasteiger partial charge >= 0.3 is 7.82 Å². The zero-order chi connectivity index (χ0) is 16.2. The maximum absolute atomic E-state index is 11.1. The molecule has 3 N–H and O–H groups in total. The van der Waals surface area contributed by atoms with Crippen LogP contribution in [0.25, 0.3) is 0 Å². The monoisotopic (exact) mass is 333 g/mol.